The Morgan fingerprint density at radius 2 is 1.96 bits per heavy atom. The number of hydrogen-bond donors (Lipinski definition) is 2. The quantitative estimate of drug-likeness (QED) is 0.852. The van der Waals surface area contributed by atoms with Gasteiger partial charge in [-0.2, -0.15) is 0 Å². The lowest BCUT2D eigenvalue weighted by Crippen LogP contribution is -2.55. The molecule has 0 spiro atoms. The highest BCUT2D eigenvalue weighted by atomic mass is 35.5. The first-order chi connectivity index (χ1) is 10.7. The van der Waals surface area contributed by atoms with E-state index in [1.54, 1.807) is 0 Å². The van der Waals surface area contributed by atoms with Crippen LogP contribution in [0.3, 0.4) is 0 Å². The van der Waals surface area contributed by atoms with Gasteiger partial charge >= 0.3 is 0 Å². The van der Waals surface area contributed by atoms with Gasteiger partial charge in [0.05, 0.1) is 6.04 Å². The molecule has 3 atom stereocenters. The predicted molar refractivity (Wildman–Crippen MR) is 103 cm³/mol. The Bertz CT molecular complexity index is 500. The zero-order valence-electron chi connectivity index (χ0n) is 14.2. The summed E-state index contributed by atoms with van der Waals surface area (Å²) in [6, 6.07) is 11.1. The largest absolute Gasteiger partial charge is 0.350 e. The fourth-order valence-electron chi connectivity index (χ4n) is 3.65. The van der Waals surface area contributed by atoms with Gasteiger partial charge in [-0.25, -0.2) is 0 Å². The lowest BCUT2D eigenvalue weighted by molar-refractivity contribution is -0.126. The van der Waals surface area contributed by atoms with Crippen LogP contribution in [-0.4, -0.2) is 42.0 Å². The van der Waals surface area contributed by atoms with E-state index in [1.807, 2.05) is 6.07 Å². The third-order valence-electron chi connectivity index (χ3n) is 4.98. The predicted octanol–water partition coefficient (Wildman–Crippen LogP) is 2.75. The normalized spacial score (nSPS) is 27.0. The van der Waals surface area contributed by atoms with Crippen molar-refractivity contribution in [2.24, 2.45) is 0 Å². The Balaban J connectivity index is 0.00000144. The first-order valence-corrected chi connectivity index (χ1v) is 8.56. The molecule has 2 N–H and O–H groups in total. The zero-order chi connectivity index (χ0) is 15.4. The van der Waals surface area contributed by atoms with Gasteiger partial charge in [0.15, 0.2) is 0 Å². The highest BCUT2D eigenvalue weighted by Gasteiger charge is 2.33. The first-order valence-electron chi connectivity index (χ1n) is 8.56. The maximum atomic E-state index is 12.7. The molecule has 2 saturated heterocycles. The smallest absolute Gasteiger partial charge is 0.237 e. The molecule has 24 heavy (non-hydrogen) atoms. The van der Waals surface area contributed by atoms with Crippen LogP contribution in [0.25, 0.3) is 0 Å². The van der Waals surface area contributed by atoms with Crippen molar-refractivity contribution >= 4 is 30.7 Å². The minimum absolute atomic E-state index is 0. The van der Waals surface area contributed by atoms with Gasteiger partial charge in [-0.3, -0.25) is 9.69 Å². The topological polar surface area (TPSA) is 44.4 Å². The van der Waals surface area contributed by atoms with Crippen molar-refractivity contribution in [1.29, 1.82) is 0 Å². The second-order valence-electron chi connectivity index (χ2n) is 6.61. The van der Waals surface area contributed by atoms with Crippen LogP contribution in [0.15, 0.2) is 30.3 Å². The molecular weight excluding hydrogens is 345 g/mol. The number of benzene rings is 1. The van der Waals surface area contributed by atoms with Crippen molar-refractivity contribution < 1.29 is 4.79 Å². The van der Waals surface area contributed by atoms with Crippen LogP contribution >= 0.6 is 24.8 Å². The van der Waals surface area contributed by atoms with Gasteiger partial charge in [0, 0.05) is 18.6 Å². The molecule has 0 saturated carbocycles. The highest BCUT2D eigenvalue weighted by molar-refractivity contribution is 5.85. The fourth-order valence-corrected chi connectivity index (χ4v) is 3.65. The maximum Gasteiger partial charge on any atom is 0.237 e. The number of piperidine rings is 1. The summed E-state index contributed by atoms with van der Waals surface area (Å²) in [5, 5.41) is 6.73. The molecule has 0 aliphatic carbocycles. The number of hydrogen-bond acceptors (Lipinski definition) is 3. The first kappa shape index (κ1) is 21.2. The molecule has 4 nitrogen and oxygen atoms in total. The van der Waals surface area contributed by atoms with Gasteiger partial charge in [0.25, 0.3) is 0 Å². The SMILES string of the molecule is CC1NCCCC1NC(=O)C1CCCN1Cc1ccccc1.Cl.Cl. The molecule has 0 bridgehead atoms. The second kappa shape index (κ2) is 10.2. The maximum absolute atomic E-state index is 12.7. The van der Waals surface area contributed by atoms with Crippen molar-refractivity contribution in [2.45, 2.75) is 57.3 Å². The van der Waals surface area contributed by atoms with Crippen LogP contribution in [0.1, 0.15) is 38.2 Å². The Hall–Kier alpha value is -0.810. The fraction of sp³-hybridized carbons (Fsp3) is 0.611. The molecule has 6 heteroatoms. The molecule has 0 radical (unpaired) electrons. The summed E-state index contributed by atoms with van der Waals surface area (Å²) in [5.41, 5.74) is 1.29. The molecular formula is C18H29Cl2N3O. The number of amides is 1. The lowest BCUT2D eigenvalue weighted by Gasteiger charge is -2.33. The van der Waals surface area contributed by atoms with Crippen molar-refractivity contribution in [3.8, 4) is 0 Å². The lowest BCUT2D eigenvalue weighted by atomic mass is 9.99. The monoisotopic (exact) mass is 373 g/mol. The standard InChI is InChI=1S/C18H27N3O.2ClH/c1-14-16(9-5-11-19-14)20-18(22)17-10-6-12-21(17)13-15-7-3-2-4-8-15;;/h2-4,7-8,14,16-17,19H,5-6,9-13H2,1H3,(H,20,22);2*1H. The molecule has 1 aromatic carbocycles. The number of nitrogens with zero attached hydrogens (tertiary/aromatic N) is 1. The number of halogens is 2. The molecule has 3 unspecified atom stereocenters. The summed E-state index contributed by atoms with van der Waals surface area (Å²) in [6.45, 7) is 5.13. The Labute approximate surface area is 157 Å². The molecule has 0 aromatic heterocycles. The van der Waals surface area contributed by atoms with Crippen LogP contribution in [0.5, 0.6) is 0 Å². The van der Waals surface area contributed by atoms with E-state index in [0.717, 1.165) is 45.3 Å². The van der Waals surface area contributed by atoms with Gasteiger partial charge in [-0.1, -0.05) is 30.3 Å². The number of carbonyl (C=O) groups is 1. The zero-order valence-corrected chi connectivity index (χ0v) is 15.9. The van der Waals surface area contributed by atoms with E-state index in [1.165, 1.54) is 5.56 Å². The number of likely N-dealkylation sites (tertiary alicyclic amines) is 1. The van der Waals surface area contributed by atoms with E-state index in [4.69, 9.17) is 0 Å². The minimum Gasteiger partial charge on any atom is -0.350 e. The van der Waals surface area contributed by atoms with Crippen molar-refractivity contribution in [3.63, 3.8) is 0 Å². The van der Waals surface area contributed by atoms with Gasteiger partial charge in [-0.05, 0) is 51.3 Å². The number of nitrogens with one attached hydrogen (secondary N) is 2. The van der Waals surface area contributed by atoms with Gasteiger partial charge in [-0.15, -0.1) is 24.8 Å². The Morgan fingerprint density at radius 1 is 1.21 bits per heavy atom. The van der Waals surface area contributed by atoms with Gasteiger partial charge in [0.2, 0.25) is 5.91 Å². The third kappa shape index (κ3) is 5.35. The molecule has 2 aliphatic rings. The molecule has 2 fully saturated rings. The number of carbonyl (C=O) groups excluding carboxylic acids is 1. The van der Waals surface area contributed by atoms with Crippen molar-refractivity contribution in [1.82, 2.24) is 15.5 Å². The molecule has 3 rings (SSSR count). The summed E-state index contributed by atoms with van der Waals surface area (Å²) < 4.78 is 0. The van der Waals surface area contributed by atoms with Crippen LogP contribution < -0.4 is 10.6 Å². The summed E-state index contributed by atoms with van der Waals surface area (Å²) in [7, 11) is 0. The van der Waals surface area contributed by atoms with Crippen LogP contribution in [0.4, 0.5) is 0 Å². The van der Waals surface area contributed by atoms with E-state index in [2.05, 4.69) is 46.7 Å². The van der Waals surface area contributed by atoms with Gasteiger partial charge < -0.3 is 10.6 Å². The van der Waals surface area contributed by atoms with E-state index in [0.29, 0.717) is 6.04 Å². The van der Waals surface area contributed by atoms with E-state index in [-0.39, 0.29) is 42.8 Å². The van der Waals surface area contributed by atoms with Crippen molar-refractivity contribution in [3.05, 3.63) is 35.9 Å². The third-order valence-corrected chi connectivity index (χ3v) is 4.98. The minimum atomic E-state index is 0. The summed E-state index contributed by atoms with van der Waals surface area (Å²) in [5.74, 6) is 0.217. The van der Waals surface area contributed by atoms with Gasteiger partial charge in [0.1, 0.15) is 0 Å². The Kier molecular flexibility index (Phi) is 9.06. The van der Waals surface area contributed by atoms with E-state index < -0.39 is 0 Å². The molecule has 1 aromatic rings. The second-order valence-corrected chi connectivity index (χ2v) is 6.61. The average Bonchev–Trinajstić information content (AvgIpc) is 2.99. The molecule has 2 heterocycles. The molecule has 2 aliphatic heterocycles. The summed E-state index contributed by atoms with van der Waals surface area (Å²) >= 11 is 0. The summed E-state index contributed by atoms with van der Waals surface area (Å²) in [4.78, 5) is 15.0. The van der Waals surface area contributed by atoms with Crippen LogP contribution in [0.2, 0.25) is 0 Å². The molecule has 136 valence electrons. The van der Waals surface area contributed by atoms with E-state index in [9.17, 15) is 4.79 Å². The molecule has 1 amide bonds. The van der Waals surface area contributed by atoms with Crippen LogP contribution in [0, 0.1) is 0 Å². The van der Waals surface area contributed by atoms with Crippen LogP contribution in [-0.2, 0) is 11.3 Å². The van der Waals surface area contributed by atoms with E-state index >= 15 is 0 Å². The highest BCUT2D eigenvalue weighted by Crippen LogP contribution is 2.21. The average molecular weight is 374 g/mol. The van der Waals surface area contributed by atoms with Crippen molar-refractivity contribution in [2.75, 3.05) is 13.1 Å². The number of rotatable bonds is 4. The Morgan fingerprint density at radius 3 is 2.67 bits per heavy atom. The summed E-state index contributed by atoms with van der Waals surface area (Å²) in [6.07, 6.45) is 4.33.